The molecule has 1 saturated carbocycles. The molecular weight excluding hydrogens is 366 g/mol. The first-order chi connectivity index (χ1) is 13.6. The fraction of sp³-hybridized carbons (Fsp3) is 0.545. The maximum Gasteiger partial charge on any atom is 0.353 e. The van der Waals surface area contributed by atoms with Crippen LogP contribution >= 0.6 is 0 Å². The van der Waals surface area contributed by atoms with Gasteiger partial charge in [-0.15, -0.1) is 0 Å². The highest BCUT2D eigenvalue weighted by Crippen LogP contribution is 2.54. The van der Waals surface area contributed by atoms with E-state index in [1.165, 1.54) is 6.33 Å². The number of fused-ring (bicyclic) bond motifs is 2. The minimum atomic E-state index is -0.351. The fourth-order valence-electron chi connectivity index (χ4n) is 5.73. The predicted molar refractivity (Wildman–Crippen MR) is 115 cm³/mol. The molecule has 0 spiro atoms. The molecule has 2 fully saturated rings. The molecule has 0 radical (unpaired) electrons. The Bertz CT molecular complexity index is 953. The van der Waals surface area contributed by atoms with Gasteiger partial charge in [-0.05, 0) is 67.2 Å². The van der Waals surface area contributed by atoms with Crippen LogP contribution in [0.4, 0.5) is 23.0 Å². The van der Waals surface area contributed by atoms with Crippen molar-refractivity contribution in [2.75, 3.05) is 16.8 Å². The molecule has 154 valence electrons. The van der Waals surface area contributed by atoms with Crippen molar-refractivity contribution >= 4 is 23.0 Å². The Morgan fingerprint density at radius 1 is 1.14 bits per heavy atom. The molecule has 29 heavy (non-hydrogen) atoms. The number of nitro groups is 1. The van der Waals surface area contributed by atoms with E-state index >= 15 is 0 Å². The Morgan fingerprint density at radius 2 is 1.83 bits per heavy atom. The van der Waals surface area contributed by atoms with Crippen molar-refractivity contribution in [3.63, 3.8) is 0 Å². The summed E-state index contributed by atoms with van der Waals surface area (Å²) in [5.74, 6) is 0.680. The van der Waals surface area contributed by atoms with Crippen LogP contribution in [-0.2, 0) is 0 Å². The number of rotatable bonds is 4. The second-order valence-corrected chi connectivity index (χ2v) is 9.99. The first-order valence-corrected chi connectivity index (χ1v) is 10.2. The van der Waals surface area contributed by atoms with Crippen LogP contribution in [0.3, 0.4) is 0 Å². The lowest BCUT2D eigenvalue weighted by atomic mass is 9.65. The van der Waals surface area contributed by atoms with Crippen LogP contribution < -0.4 is 10.2 Å². The van der Waals surface area contributed by atoms with Crippen LogP contribution in [0.2, 0.25) is 0 Å². The molecule has 2 aliphatic rings. The first-order valence-electron chi connectivity index (χ1n) is 10.2. The van der Waals surface area contributed by atoms with Crippen molar-refractivity contribution in [3.05, 3.63) is 45.8 Å². The Hall–Kier alpha value is -2.70. The topological polar surface area (TPSA) is 84.2 Å². The highest BCUT2D eigenvalue weighted by atomic mass is 16.6. The second kappa shape index (κ2) is 6.68. The molecule has 7 nitrogen and oxygen atoms in total. The number of benzene rings is 1. The van der Waals surface area contributed by atoms with E-state index in [2.05, 4.69) is 47.0 Å². The van der Waals surface area contributed by atoms with Gasteiger partial charge >= 0.3 is 5.69 Å². The lowest BCUT2D eigenvalue weighted by molar-refractivity contribution is -0.383. The molecular formula is C22H29N5O2. The van der Waals surface area contributed by atoms with E-state index in [-0.39, 0.29) is 33.3 Å². The zero-order valence-electron chi connectivity index (χ0n) is 17.8. The van der Waals surface area contributed by atoms with Crippen molar-refractivity contribution in [2.24, 2.45) is 10.8 Å². The average Bonchev–Trinajstić information content (AvgIpc) is 2.82. The average molecular weight is 396 g/mol. The smallest absolute Gasteiger partial charge is 0.347 e. The largest absolute Gasteiger partial charge is 0.353 e. The van der Waals surface area contributed by atoms with E-state index in [4.69, 9.17) is 0 Å². The van der Waals surface area contributed by atoms with Gasteiger partial charge in [-0.3, -0.25) is 10.1 Å². The molecule has 7 heteroatoms. The predicted octanol–water partition coefficient (Wildman–Crippen LogP) is 5.15. The van der Waals surface area contributed by atoms with Crippen LogP contribution in [0.15, 0.2) is 24.5 Å². The van der Waals surface area contributed by atoms with Crippen LogP contribution in [0.25, 0.3) is 0 Å². The van der Waals surface area contributed by atoms with Gasteiger partial charge in [-0.2, -0.15) is 0 Å². The maximum atomic E-state index is 12.1. The van der Waals surface area contributed by atoms with Crippen LogP contribution in [0.1, 0.15) is 51.2 Å². The van der Waals surface area contributed by atoms with Crippen LogP contribution in [-0.4, -0.2) is 27.5 Å². The van der Waals surface area contributed by atoms with Gasteiger partial charge in [0.1, 0.15) is 6.33 Å². The van der Waals surface area contributed by atoms with Gasteiger partial charge in [-0.1, -0.05) is 26.8 Å². The van der Waals surface area contributed by atoms with Crippen molar-refractivity contribution in [2.45, 2.75) is 59.9 Å². The lowest BCUT2D eigenvalue weighted by Gasteiger charge is -2.39. The fourth-order valence-corrected chi connectivity index (χ4v) is 5.73. The third kappa shape index (κ3) is 3.78. The van der Waals surface area contributed by atoms with Crippen molar-refractivity contribution in [1.82, 2.24) is 9.97 Å². The van der Waals surface area contributed by atoms with E-state index in [1.807, 2.05) is 26.0 Å². The summed E-state index contributed by atoms with van der Waals surface area (Å²) < 4.78 is 0. The lowest BCUT2D eigenvalue weighted by Crippen LogP contribution is -2.35. The third-order valence-corrected chi connectivity index (χ3v) is 6.16. The highest BCUT2D eigenvalue weighted by Gasteiger charge is 2.51. The van der Waals surface area contributed by atoms with E-state index in [9.17, 15) is 10.1 Å². The van der Waals surface area contributed by atoms with Crippen molar-refractivity contribution < 1.29 is 4.92 Å². The van der Waals surface area contributed by atoms with Crippen molar-refractivity contribution in [1.29, 1.82) is 0 Å². The van der Waals surface area contributed by atoms with Gasteiger partial charge in [0, 0.05) is 18.3 Å². The van der Waals surface area contributed by atoms with Gasteiger partial charge < -0.3 is 10.2 Å². The molecule has 2 aromatic rings. The minimum absolute atomic E-state index is 0.0411. The molecule has 1 aromatic heterocycles. The number of aromatic nitrogens is 2. The zero-order valence-corrected chi connectivity index (χ0v) is 17.8. The normalized spacial score (nSPS) is 25.1. The number of nitrogens with one attached hydrogen (secondary N) is 1. The summed E-state index contributed by atoms with van der Waals surface area (Å²) in [6.45, 7) is 11.7. The third-order valence-electron chi connectivity index (χ3n) is 6.16. The molecule has 4 rings (SSSR count). The Balaban J connectivity index is 1.74. The first kappa shape index (κ1) is 19.6. The quantitative estimate of drug-likeness (QED) is 0.569. The van der Waals surface area contributed by atoms with Gasteiger partial charge in [0.15, 0.2) is 0 Å². The van der Waals surface area contributed by atoms with E-state index in [0.29, 0.717) is 5.82 Å². The summed E-state index contributed by atoms with van der Waals surface area (Å²) in [5, 5.41) is 15.2. The summed E-state index contributed by atoms with van der Waals surface area (Å²) in [6, 6.07) is 6.26. The maximum absolute atomic E-state index is 12.1. The SMILES string of the molecule is Cc1cc(C)cc(Nc2ncnc(N3CC4(C)CC3CC(C)(C)C4)c2[N+](=O)[O-])c1. The van der Waals surface area contributed by atoms with Gasteiger partial charge in [-0.25, -0.2) is 9.97 Å². The molecule has 2 heterocycles. The van der Waals surface area contributed by atoms with Crippen LogP contribution in [0.5, 0.6) is 0 Å². The van der Waals surface area contributed by atoms with E-state index in [0.717, 1.165) is 42.6 Å². The van der Waals surface area contributed by atoms with Gasteiger partial charge in [0.05, 0.1) is 4.92 Å². The summed E-state index contributed by atoms with van der Waals surface area (Å²) >= 11 is 0. The van der Waals surface area contributed by atoms with Gasteiger partial charge in [0.25, 0.3) is 0 Å². The summed E-state index contributed by atoms with van der Waals surface area (Å²) in [7, 11) is 0. The molecule has 2 atom stereocenters. The molecule has 2 unspecified atom stereocenters. The standard InChI is InChI=1S/C22H29N5O2/c1-14-6-15(2)8-16(7-14)25-19-18(27(28)29)20(24-13-23-19)26-12-22(5)10-17(26)9-21(3,4)11-22/h6-8,13,17H,9-12H2,1-5H3,(H,23,24,25). The van der Waals surface area contributed by atoms with E-state index in [1.54, 1.807) is 0 Å². The number of aryl methyl sites for hydroxylation is 2. The minimum Gasteiger partial charge on any atom is -0.347 e. The molecule has 1 aliphatic heterocycles. The summed E-state index contributed by atoms with van der Waals surface area (Å²) in [6.07, 6.45) is 4.63. The molecule has 1 aliphatic carbocycles. The molecule has 0 amide bonds. The number of nitrogens with zero attached hydrogens (tertiary/aromatic N) is 4. The highest BCUT2D eigenvalue weighted by molar-refractivity contribution is 5.75. The monoisotopic (exact) mass is 395 g/mol. The molecule has 1 N–H and O–H groups in total. The Labute approximate surface area is 171 Å². The Morgan fingerprint density at radius 3 is 2.48 bits per heavy atom. The molecule has 1 aromatic carbocycles. The summed E-state index contributed by atoms with van der Waals surface area (Å²) in [5.41, 5.74) is 3.32. The van der Waals surface area contributed by atoms with Crippen molar-refractivity contribution in [3.8, 4) is 0 Å². The number of hydrogen-bond donors (Lipinski definition) is 1. The zero-order chi connectivity index (χ0) is 21.0. The van der Waals surface area contributed by atoms with Crippen LogP contribution in [0, 0.1) is 34.8 Å². The van der Waals surface area contributed by atoms with Gasteiger partial charge in [0.2, 0.25) is 11.6 Å². The summed E-state index contributed by atoms with van der Waals surface area (Å²) in [4.78, 5) is 22.5. The molecule has 1 saturated heterocycles. The number of hydrogen-bond acceptors (Lipinski definition) is 6. The number of anilines is 3. The molecule has 2 bridgehead atoms. The van der Waals surface area contributed by atoms with E-state index < -0.39 is 0 Å². The second-order valence-electron chi connectivity index (χ2n) is 9.99. The Kier molecular flexibility index (Phi) is 4.52.